The van der Waals surface area contributed by atoms with Gasteiger partial charge in [-0.15, -0.1) is 11.3 Å². The molecule has 0 bridgehead atoms. The van der Waals surface area contributed by atoms with E-state index in [9.17, 15) is 22.4 Å². The van der Waals surface area contributed by atoms with E-state index < -0.39 is 15.8 Å². The van der Waals surface area contributed by atoms with Crippen molar-refractivity contribution in [2.24, 2.45) is 5.92 Å². The Bertz CT molecular complexity index is 1070. The number of amides is 2. The highest BCUT2D eigenvalue weighted by Gasteiger charge is 2.34. The van der Waals surface area contributed by atoms with Gasteiger partial charge in [-0.1, -0.05) is 12.1 Å². The molecule has 10 heteroatoms. The third-order valence-electron chi connectivity index (χ3n) is 5.77. The van der Waals surface area contributed by atoms with Crippen LogP contribution in [0.4, 0.5) is 10.1 Å². The van der Waals surface area contributed by atoms with Crippen LogP contribution in [0.1, 0.15) is 36.0 Å². The molecule has 4 rings (SSSR count). The first kappa shape index (κ1) is 21.9. The highest BCUT2D eigenvalue weighted by Crippen LogP contribution is 2.29. The second-order valence-electron chi connectivity index (χ2n) is 7.80. The minimum absolute atomic E-state index is 0.122. The fraction of sp³-hybridized carbons (Fsp3) is 0.429. The normalized spacial score (nSPS) is 18.3. The number of hydrogen-bond donors (Lipinski definition) is 1. The maximum atomic E-state index is 13.8. The van der Waals surface area contributed by atoms with Crippen molar-refractivity contribution < 1.29 is 22.4 Å². The van der Waals surface area contributed by atoms with E-state index in [1.165, 1.54) is 22.5 Å². The molecule has 2 aliphatic rings. The third kappa shape index (κ3) is 4.65. The van der Waals surface area contributed by atoms with Crippen LogP contribution in [0.5, 0.6) is 0 Å². The molecule has 1 aromatic heterocycles. The first-order valence-electron chi connectivity index (χ1n) is 10.3. The smallest absolute Gasteiger partial charge is 0.254 e. The largest absolute Gasteiger partial charge is 0.339 e. The highest BCUT2D eigenvalue weighted by atomic mass is 32.2. The first-order chi connectivity index (χ1) is 14.9. The third-order valence-corrected chi connectivity index (χ3v) is 9.08. The number of hydrogen-bond acceptors (Lipinski definition) is 5. The molecule has 0 unspecified atom stereocenters. The Morgan fingerprint density at radius 3 is 2.42 bits per heavy atom. The minimum Gasteiger partial charge on any atom is -0.339 e. The number of likely N-dealkylation sites (tertiary alicyclic amines) is 1. The average molecular weight is 466 g/mol. The number of piperidine rings is 1. The monoisotopic (exact) mass is 465 g/mol. The van der Waals surface area contributed by atoms with Gasteiger partial charge in [0, 0.05) is 37.5 Å². The molecule has 2 aliphatic heterocycles. The molecule has 7 nitrogen and oxygen atoms in total. The number of carbonyl (C=O) groups is 2. The van der Waals surface area contributed by atoms with Crippen LogP contribution in [-0.2, 0) is 14.8 Å². The average Bonchev–Trinajstić information content (AvgIpc) is 3.48. The summed E-state index contributed by atoms with van der Waals surface area (Å²) in [6, 6.07) is 7.40. The molecule has 2 amide bonds. The van der Waals surface area contributed by atoms with E-state index in [1.807, 2.05) is 0 Å². The number of rotatable bonds is 5. The predicted octanol–water partition coefficient (Wildman–Crippen LogP) is 3.16. The minimum atomic E-state index is -3.72. The molecule has 0 saturated carbocycles. The molecule has 0 aliphatic carbocycles. The molecule has 3 heterocycles. The van der Waals surface area contributed by atoms with Gasteiger partial charge in [0.15, 0.2) is 0 Å². The summed E-state index contributed by atoms with van der Waals surface area (Å²) in [7, 11) is -3.72. The van der Waals surface area contributed by atoms with Gasteiger partial charge in [0.05, 0.1) is 11.3 Å². The maximum Gasteiger partial charge on any atom is 0.254 e. The molecule has 2 saturated heterocycles. The van der Waals surface area contributed by atoms with Crippen molar-refractivity contribution in [2.75, 3.05) is 31.5 Å². The van der Waals surface area contributed by atoms with Crippen molar-refractivity contribution in [2.45, 2.75) is 29.9 Å². The lowest BCUT2D eigenvalue weighted by atomic mass is 9.97. The quantitative estimate of drug-likeness (QED) is 0.735. The molecule has 2 fully saturated rings. The Hall–Kier alpha value is -2.30. The van der Waals surface area contributed by atoms with Gasteiger partial charge in [-0.2, -0.15) is 4.31 Å². The van der Waals surface area contributed by atoms with Gasteiger partial charge in [0.25, 0.3) is 15.9 Å². The molecule has 2 aromatic rings. The number of thiophene rings is 1. The molecule has 166 valence electrons. The number of carbonyl (C=O) groups excluding carboxylic acids is 2. The van der Waals surface area contributed by atoms with Crippen LogP contribution in [0.3, 0.4) is 0 Å². The second kappa shape index (κ2) is 9.05. The topological polar surface area (TPSA) is 86.8 Å². The molecule has 1 N–H and O–H groups in total. The second-order valence-corrected chi connectivity index (χ2v) is 10.9. The molecule has 1 aromatic carbocycles. The standard InChI is InChI=1S/C21H24FN3O4S2/c22-17-5-1-2-6-18(17)23-20(26)15-7-11-25(12-8-15)31(28,29)19-13-16(14-30-19)21(27)24-9-3-4-10-24/h1-2,5-6,13-15H,3-4,7-12H2,(H,23,26). The SMILES string of the molecule is O=C(Nc1ccccc1F)C1CCN(S(=O)(=O)c2cc(C(=O)N3CCCC3)cs2)CC1. The van der Waals surface area contributed by atoms with Gasteiger partial charge in [0.1, 0.15) is 10.0 Å². The Balaban J connectivity index is 1.37. The van der Waals surface area contributed by atoms with Gasteiger partial charge in [0.2, 0.25) is 5.91 Å². The first-order valence-corrected chi connectivity index (χ1v) is 12.6. The summed E-state index contributed by atoms with van der Waals surface area (Å²) in [5.74, 6) is -1.33. The van der Waals surface area contributed by atoms with E-state index in [-0.39, 0.29) is 40.7 Å². The van der Waals surface area contributed by atoms with E-state index >= 15 is 0 Å². The number of sulfonamides is 1. The Labute approximate surface area is 184 Å². The lowest BCUT2D eigenvalue weighted by molar-refractivity contribution is -0.120. The lowest BCUT2D eigenvalue weighted by Crippen LogP contribution is -2.41. The molecular formula is C21H24FN3O4S2. The van der Waals surface area contributed by atoms with E-state index in [1.54, 1.807) is 22.4 Å². The van der Waals surface area contributed by atoms with Crippen LogP contribution in [-0.4, -0.2) is 55.6 Å². The van der Waals surface area contributed by atoms with E-state index in [0.29, 0.717) is 31.5 Å². The zero-order valence-electron chi connectivity index (χ0n) is 16.9. The van der Waals surface area contributed by atoms with Crippen molar-refractivity contribution in [3.05, 3.63) is 47.1 Å². The summed E-state index contributed by atoms with van der Waals surface area (Å²) in [5.41, 5.74) is 0.529. The maximum absolute atomic E-state index is 13.8. The highest BCUT2D eigenvalue weighted by molar-refractivity contribution is 7.91. The van der Waals surface area contributed by atoms with Crippen LogP contribution in [0, 0.1) is 11.7 Å². The van der Waals surface area contributed by atoms with Crippen molar-refractivity contribution in [3.63, 3.8) is 0 Å². The summed E-state index contributed by atoms with van der Waals surface area (Å²) in [6.07, 6.45) is 2.65. The van der Waals surface area contributed by atoms with Crippen molar-refractivity contribution in [1.82, 2.24) is 9.21 Å². The zero-order chi connectivity index (χ0) is 22.0. The summed E-state index contributed by atoms with van der Waals surface area (Å²) in [4.78, 5) is 26.7. The zero-order valence-corrected chi connectivity index (χ0v) is 18.6. The van der Waals surface area contributed by atoms with Gasteiger partial charge in [-0.25, -0.2) is 12.8 Å². The predicted molar refractivity (Wildman–Crippen MR) is 116 cm³/mol. The van der Waals surface area contributed by atoms with Crippen molar-refractivity contribution in [1.29, 1.82) is 0 Å². The Kier molecular flexibility index (Phi) is 6.40. The van der Waals surface area contributed by atoms with Crippen LogP contribution < -0.4 is 5.32 Å². The fourth-order valence-corrected chi connectivity index (χ4v) is 6.73. The Morgan fingerprint density at radius 2 is 1.74 bits per heavy atom. The molecule has 0 spiro atoms. The van der Waals surface area contributed by atoms with Gasteiger partial charge in [-0.3, -0.25) is 9.59 Å². The summed E-state index contributed by atoms with van der Waals surface area (Å²) >= 11 is 1.05. The number of benzene rings is 1. The molecule has 31 heavy (non-hydrogen) atoms. The summed E-state index contributed by atoms with van der Waals surface area (Å²) in [6.45, 7) is 1.81. The van der Waals surface area contributed by atoms with Gasteiger partial charge < -0.3 is 10.2 Å². The van der Waals surface area contributed by atoms with Crippen LogP contribution >= 0.6 is 11.3 Å². The van der Waals surface area contributed by atoms with E-state index in [4.69, 9.17) is 0 Å². The summed E-state index contributed by atoms with van der Waals surface area (Å²) < 4.78 is 41.3. The number of nitrogens with zero attached hydrogens (tertiary/aromatic N) is 2. The molecule has 0 atom stereocenters. The van der Waals surface area contributed by atoms with E-state index in [2.05, 4.69) is 5.32 Å². The lowest BCUT2D eigenvalue weighted by Gasteiger charge is -2.30. The van der Waals surface area contributed by atoms with Crippen LogP contribution in [0.2, 0.25) is 0 Å². The van der Waals surface area contributed by atoms with Gasteiger partial charge >= 0.3 is 0 Å². The van der Waals surface area contributed by atoms with E-state index in [0.717, 1.165) is 24.2 Å². The van der Waals surface area contributed by atoms with Crippen LogP contribution in [0.15, 0.2) is 39.9 Å². The Morgan fingerprint density at radius 1 is 1.06 bits per heavy atom. The van der Waals surface area contributed by atoms with Gasteiger partial charge in [-0.05, 0) is 43.9 Å². The van der Waals surface area contributed by atoms with Crippen LogP contribution in [0.25, 0.3) is 0 Å². The number of nitrogens with one attached hydrogen (secondary N) is 1. The number of anilines is 1. The van der Waals surface area contributed by atoms with Crippen molar-refractivity contribution >= 4 is 38.9 Å². The molecular weight excluding hydrogens is 441 g/mol. The number of halogens is 1. The number of para-hydroxylation sites is 1. The fourth-order valence-electron chi connectivity index (χ4n) is 3.95. The summed E-state index contributed by atoms with van der Waals surface area (Å²) in [5, 5.41) is 4.19. The van der Waals surface area contributed by atoms with Crippen molar-refractivity contribution in [3.8, 4) is 0 Å². The molecule has 0 radical (unpaired) electrons.